The molecule has 14 heteroatoms. The summed E-state index contributed by atoms with van der Waals surface area (Å²) in [6.45, 7) is 4.52. The van der Waals surface area contributed by atoms with Crippen molar-refractivity contribution < 1.29 is 35.9 Å². The van der Waals surface area contributed by atoms with Crippen LogP contribution in [0.1, 0.15) is 56.9 Å². The number of anilines is 1. The zero-order valence-corrected chi connectivity index (χ0v) is 32.3. The van der Waals surface area contributed by atoms with Gasteiger partial charge >= 0.3 is 6.09 Å². The van der Waals surface area contributed by atoms with Crippen molar-refractivity contribution in [1.29, 1.82) is 0 Å². The molecule has 4 heterocycles. The van der Waals surface area contributed by atoms with Gasteiger partial charge in [0.15, 0.2) is 15.5 Å². The topological polar surface area (TPSA) is 103 Å². The highest BCUT2D eigenvalue weighted by Crippen LogP contribution is 2.52. The van der Waals surface area contributed by atoms with E-state index in [9.17, 15) is 22.4 Å². The fraction of sp³-hybridized carbons (Fsp3) is 0.610. The minimum Gasteiger partial charge on any atom is -0.453 e. The molecule has 2 amide bonds. The van der Waals surface area contributed by atoms with Crippen molar-refractivity contribution in [3.63, 3.8) is 0 Å². The molecule has 2 aromatic rings. The number of alkyl halides is 1. The van der Waals surface area contributed by atoms with E-state index in [1.165, 1.54) is 30.2 Å². The lowest BCUT2D eigenvalue weighted by molar-refractivity contribution is -0.125. The van der Waals surface area contributed by atoms with Gasteiger partial charge in [0.25, 0.3) is 5.91 Å². The fourth-order valence-electron chi connectivity index (χ4n) is 10.2. The first-order valence-electron chi connectivity index (χ1n) is 19.6. The van der Waals surface area contributed by atoms with Crippen LogP contribution in [0.2, 0.25) is 0 Å². The molecule has 4 saturated heterocycles. The number of nitrogens with one attached hydrogen (secondary N) is 1. The van der Waals surface area contributed by atoms with Crippen molar-refractivity contribution in [2.24, 2.45) is 11.8 Å². The van der Waals surface area contributed by atoms with Gasteiger partial charge in [0.05, 0.1) is 36.0 Å². The van der Waals surface area contributed by atoms with Crippen molar-refractivity contribution in [2.75, 3.05) is 77.5 Å². The van der Waals surface area contributed by atoms with E-state index in [2.05, 4.69) is 15.1 Å². The maximum Gasteiger partial charge on any atom is 0.407 e. The number of nitrogens with zero attached hydrogens (tertiary/aromatic N) is 4. The minimum absolute atomic E-state index is 0.0210. The summed E-state index contributed by atoms with van der Waals surface area (Å²) in [4.78, 5) is 31.8. The second-order valence-corrected chi connectivity index (χ2v) is 18.6. The third-order valence-corrected chi connectivity index (χ3v) is 15.2. The van der Waals surface area contributed by atoms with Gasteiger partial charge < -0.3 is 24.8 Å². The SMILES string of the molecule is C#CC(=O)N1CCCC(S(=O)(=O)c2ccc(N3CC(F)(CN4CCC(C(CN5CCC5)(c5cccc(F)c5)[C@H]5CCC[C@@H]5NC(=O)OC)CC4)C3)c(F)c2)C1. The van der Waals surface area contributed by atoms with Gasteiger partial charge in [0.1, 0.15) is 11.6 Å². The lowest BCUT2D eigenvalue weighted by Crippen LogP contribution is -2.65. The first-order valence-corrected chi connectivity index (χ1v) is 21.2. The van der Waals surface area contributed by atoms with Crippen LogP contribution >= 0.6 is 0 Å². The van der Waals surface area contributed by atoms with E-state index >= 15 is 8.78 Å². The Hall–Kier alpha value is -3.80. The molecule has 55 heavy (non-hydrogen) atoms. The molecule has 5 fully saturated rings. The highest BCUT2D eigenvalue weighted by atomic mass is 32.2. The van der Waals surface area contributed by atoms with E-state index in [0.717, 1.165) is 69.8 Å². The number of hydrogen-bond acceptors (Lipinski definition) is 8. The summed E-state index contributed by atoms with van der Waals surface area (Å²) in [6, 6.07) is 10.6. The smallest absolute Gasteiger partial charge is 0.407 e. The largest absolute Gasteiger partial charge is 0.453 e. The van der Waals surface area contributed by atoms with Crippen LogP contribution in [-0.2, 0) is 24.8 Å². The number of carbonyl (C=O) groups excluding carboxylic acids is 2. The van der Waals surface area contributed by atoms with Crippen LogP contribution in [0, 0.1) is 35.8 Å². The second kappa shape index (κ2) is 16.0. The van der Waals surface area contributed by atoms with Gasteiger partial charge in [-0.2, -0.15) is 0 Å². The highest BCUT2D eigenvalue weighted by molar-refractivity contribution is 7.92. The molecule has 1 aliphatic carbocycles. The quantitative estimate of drug-likeness (QED) is 0.326. The molecule has 0 radical (unpaired) electrons. The maximum atomic E-state index is 16.3. The third-order valence-electron chi connectivity index (χ3n) is 13.0. The summed E-state index contributed by atoms with van der Waals surface area (Å²) in [6.07, 6.45) is 10.9. The molecular formula is C41H52F3N5O5S. The van der Waals surface area contributed by atoms with E-state index in [1.54, 1.807) is 17.0 Å². The zero-order chi connectivity index (χ0) is 39.0. The number of alkyl carbamates (subject to hydrolysis) is 1. The fourth-order valence-corrected chi connectivity index (χ4v) is 12.0. The number of carbonyl (C=O) groups is 2. The predicted octanol–water partition coefficient (Wildman–Crippen LogP) is 4.77. The predicted molar refractivity (Wildman–Crippen MR) is 203 cm³/mol. The van der Waals surface area contributed by atoms with Crippen molar-refractivity contribution in [2.45, 2.75) is 78.6 Å². The Labute approximate surface area is 322 Å². The van der Waals surface area contributed by atoms with Crippen LogP contribution in [0.5, 0.6) is 0 Å². The van der Waals surface area contributed by atoms with Crippen molar-refractivity contribution in [1.82, 2.24) is 20.0 Å². The lowest BCUT2D eigenvalue weighted by Gasteiger charge is -2.54. The zero-order valence-electron chi connectivity index (χ0n) is 31.5. The molecule has 4 aliphatic heterocycles. The Morgan fingerprint density at radius 2 is 1.73 bits per heavy atom. The molecule has 0 spiro atoms. The Morgan fingerprint density at radius 3 is 2.38 bits per heavy atom. The molecule has 2 unspecified atom stereocenters. The molecule has 2 aromatic carbocycles. The lowest BCUT2D eigenvalue weighted by atomic mass is 9.57. The van der Waals surface area contributed by atoms with Crippen molar-refractivity contribution in [3.8, 4) is 12.3 Å². The molecule has 7 rings (SSSR count). The standard InChI is InChI=1S/C41H52F3N5O5S/c1-3-38(50)48-19-6-10-33(24-48)55(52,53)32-13-14-37(35(43)23-32)49-26-40(44,27-49)25-47-20-15-29(16-21-47)41(28-46-17-7-18-46,30-8-4-9-31(42)22-30)34-11-5-12-36(34)45-39(51)54-2/h1,4,8-9,13-14,22-23,29,33-34,36H,5-7,10-12,15-21,24-28H2,2H3,(H,45,51)/t33?,34-,36-,41?/m0/s1. The number of piperidine rings is 2. The monoisotopic (exact) mass is 783 g/mol. The van der Waals surface area contributed by atoms with Crippen LogP contribution in [0.3, 0.4) is 0 Å². The summed E-state index contributed by atoms with van der Waals surface area (Å²) >= 11 is 0. The van der Waals surface area contributed by atoms with Crippen LogP contribution in [-0.4, -0.2) is 125 Å². The van der Waals surface area contributed by atoms with Crippen LogP contribution in [0.25, 0.3) is 0 Å². The molecule has 1 N–H and O–H groups in total. The third kappa shape index (κ3) is 7.94. The van der Waals surface area contributed by atoms with Gasteiger partial charge in [-0.1, -0.05) is 18.6 Å². The number of sulfone groups is 1. The summed E-state index contributed by atoms with van der Waals surface area (Å²) in [5.41, 5.74) is -0.892. The Morgan fingerprint density at radius 1 is 0.964 bits per heavy atom. The van der Waals surface area contributed by atoms with E-state index in [0.29, 0.717) is 32.5 Å². The first-order chi connectivity index (χ1) is 26.3. The van der Waals surface area contributed by atoms with Gasteiger partial charge in [-0.25, -0.2) is 26.4 Å². The first kappa shape index (κ1) is 39.4. The van der Waals surface area contributed by atoms with Gasteiger partial charge in [0, 0.05) is 37.6 Å². The summed E-state index contributed by atoms with van der Waals surface area (Å²) in [5, 5.41) is 2.22. The number of benzene rings is 2. The van der Waals surface area contributed by atoms with Crippen LogP contribution in [0.4, 0.5) is 23.7 Å². The summed E-state index contributed by atoms with van der Waals surface area (Å²) in [7, 11) is -2.57. The number of hydrogen-bond donors (Lipinski definition) is 1. The number of methoxy groups -OCH3 is 1. The van der Waals surface area contributed by atoms with Gasteiger partial charge in [-0.15, -0.1) is 6.42 Å². The van der Waals surface area contributed by atoms with Gasteiger partial charge in [0.2, 0.25) is 0 Å². The number of likely N-dealkylation sites (tertiary alicyclic amines) is 3. The van der Waals surface area contributed by atoms with E-state index in [-0.39, 0.29) is 60.5 Å². The minimum atomic E-state index is -3.94. The molecular weight excluding hydrogens is 732 g/mol. The molecule has 5 aliphatic rings. The number of rotatable bonds is 11. The summed E-state index contributed by atoms with van der Waals surface area (Å²) in [5.74, 6) is 0.688. The number of ether oxygens (including phenoxy) is 1. The molecule has 298 valence electrons. The Bertz CT molecular complexity index is 1890. The van der Waals surface area contributed by atoms with Gasteiger partial charge in [-0.3, -0.25) is 9.69 Å². The summed E-state index contributed by atoms with van der Waals surface area (Å²) < 4.78 is 78.6. The highest BCUT2D eigenvalue weighted by Gasteiger charge is 2.54. The van der Waals surface area contributed by atoms with Gasteiger partial charge in [-0.05, 0) is 125 Å². The number of amides is 2. The molecule has 10 nitrogen and oxygen atoms in total. The molecule has 4 atom stereocenters. The second-order valence-electron chi connectivity index (χ2n) is 16.3. The van der Waals surface area contributed by atoms with Crippen molar-refractivity contribution >= 4 is 27.5 Å². The molecule has 0 bridgehead atoms. The van der Waals surface area contributed by atoms with E-state index in [4.69, 9.17) is 11.2 Å². The number of halogens is 3. The Kier molecular flexibility index (Phi) is 11.5. The number of terminal acetylenes is 1. The van der Waals surface area contributed by atoms with Crippen LogP contribution < -0.4 is 10.2 Å². The average Bonchev–Trinajstić information content (AvgIpc) is 3.61. The Balaban J connectivity index is 1.02. The maximum absolute atomic E-state index is 16.3. The van der Waals surface area contributed by atoms with Crippen molar-refractivity contribution in [3.05, 3.63) is 59.7 Å². The molecule has 1 saturated carbocycles. The normalized spacial score (nSPS) is 26.0. The van der Waals surface area contributed by atoms with Crippen LogP contribution in [0.15, 0.2) is 47.4 Å². The van der Waals surface area contributed by atoms with E-state index < -0.39 is 44.0 Å². The van der Waals surface area contributed by atoms with E-state index in [1.807, 2.05) is 12.0 Å². The average molecular weight is 784 g/mol. The molecule has 0 aromatic heterocycles.